The number of carbonyl (C=O) groups is 3. The van der Waals surface area contributed by atoms with Gasteiger partial charge in [0.05, 0.1) is 5.92 Å². The molecule has 1 fully saturated rings. The number of carboxylic acid groups (broad SMARTS) is 1. The maximum atomic E-state index is 13.1. The Hall–Kier alpha value is -2.66. The summed E-state index contributed by atoms with van der Waals surface area (Å²) in [6.07, 6.45) is 0.595. The van der Waals surface area contributed by atoms with Crippen molar-refractivity contribution in [3.05, 3.63) is 59.1 Å². The minimum Gasteiger partial charge on any atom is -0.480 e. The average molecular weight is 428 g/mol. The Morgan fingerprint density at radius 1 is 1.00 bits per heavy atom. The Labute approximate surface area is 181 Å². The van der Waals surface area contributed by atoms with Gasteiger partial charge in [0.1, 0.15) is 6.04 Å². The lowest BCUT2D eigenvalue weighted by atomic mass is 9.89. The minimum absolute atomic E-state index is 0.219. The molecule has 1 aliphatic heterocycles. The molecule has 1 saturated heterocycles. The normalized spacial score (nSPS) is 19.0. The number of benzene rings is 2. The highest BCUT2D eigenvalue weighted by molar-refractivity contribution is 6.30. The van der Waals surface area contributed by atoms with E-state index in [1.165, 1.54) is 4.90 Å². The Morgan fingerprint density at radius 3 is 2.03 bits per heavy atom. The van der Waals surface area contributed by atoms with Gasteiger partial charge in [-0.05, 0) is 35.1 Å². The first-order chi connectivity index (χ1) is 14.1. The molecule has 5 nitrogen and oxygen atoms in total. The first kappa shape index (κ1) is 22.0. The summed E-state index contributed by atoms with van der Waals surface area (Å²) in [4.78, 5) is 39.0. The number of ketones is 1. The fraction of sp³-hybridized carbons (Fsp3) is 0.375. The summed E-state index contributed by atoms with van der Waals surface area (Å²) in [5.74, 6) is -2.34. The van der Waals surface area contributed by atoms with E-state index in [-0.39, 0.29) is 30.1 Å². The van der Waals surface area contributed by atoms with Crippen molar-refractivity contribution < 1.29 is 19.5 Å². The van der Waals surface area contributed by atoms with E-state index >= 15 is 0 Å². The van der Waals surface area contributed by atoms with Crippen molar-refractivity contribution in [2.45, 2.75) is 39.7 Å². The van der Waals surface area contributed by atoms with Crippen LogP contribution in [-0.4, -0.2) is 40.3 Å². The number of hydrogen-bond acceptors (Lipinski definition) is 3. The van der Waals surface area contributed by atoms with Crippen molar-refractivity contribution >= 4 is 29.3 Å². The van der Waals surface area contributed by atoms with Gasteiger partial charge in [-0.3, -0.25) is 9.59 Å². The molecule has 0 aliphatic carbocycles. The molecule has 1 aliphatic rings. The Bertz CT molecular complexity index is 945. The van der Waals surface area contributed by atoms with Crippen LogP contribution in [0.2, 0.25) is 5.02 Å². The molecule has 0 aromatic heterocycles. The van der Waals surface area contributed by atoms with E-state index in [1.807, 2.05) is 45.0 Å². The molecule has 30 heavy (non-hydrogen) atoms. The summed E-state index contributed by atoms with van der Waals surface area (Å²) >= 11 is 5.93. The smallest absolute Gasteiger partial charge is 0.327 e. The largest absolute Gasteiger partial charge is 0.480 e. The SMILES string of the molecule is CC(C)(C)CC(=O)N1CC[C@H](C(=O)c2ccc(-c3ccc(Cl)cc3)cc2)[C@H]1C(=O)O. The zero-order valence-corrected chi connectivity index (χ0v) is 18.1. The number of aliphatic carboxylic acids is 1. The number of rotatable bonds is 5. The highest BCUT2D eigenvalue weighted by Crippen LogP contribution is 2.31. The zero-order valence-electron chi connectivity index (χ0n) is 17.4. The predicted molar refractivity (Wildman–Crippen MR) is 117 cm³/mol. The first-order valence-electron chi connectivity index (χ1n) is 9.99. The third kappa shape index (κ3) is 4.90. The summed E-state index contributed by atoms with van der Waals surface area (Å²) in [6.45, 7) is 6.08. The van der Waals surface area contributed by atoms with Gasteiger partial charge in [-0.2, -0.15) is 0 Å². The lowest BCUT2D eigenvalue weighted by Crippen LogP contribution is -2.45. The van der Waals surface area contributed by atoms with Crippen LogP contribution in [-0.2, 0) is 9.59 Å². The maximum Gasteiger partial charge on any atom is 0.327 e. The molecule has 1 N–H and O–H groups in total. The first-order valence-corrected chi connectivity index (χ1v) is 10.4. The van der Waals surface area contributed by atoms with Crippen molar-refractivity contribution in [1.82, 2.24) is 4.90 Å². The van der Waals surface area contributed by atoms with Crippen LogP contribution in [0.1, 0.15) is 44.0 Å². The van der Waals surface area contributed by atoms with E-state index in [9.17, 15) is 19.5 Å². The van der Waals surface area contributed by atoms with Crippen LogP contribution in [0.5, 0.6) is 0 Å². The van der Waals surface area contributed by atoms with Gasteiger partial charge >= 0.3 is 5.97 Å². The third-order valence-electron chi connectivity index (χ3n) is 5.34. The van der Waals surface area contributed by atoms with Gasteiger partial charge in [0.25, 0.3) is 0 Å². The lowest BCUT2D eigenvalue weighted by molar-refractivity contribution is -0.149. The zero-order chi connectivity index (χ0) is 22.1. The molecule has 6 heteroatoms. The fourth-order valence-electron chi connectivity index (χ4n) is 3.89. The van der Waals surface area contributed by atoms with Crippen molar-refractivity contribution in [2.75, 3.05) is 6.54 Å². The van der Waals surface area contributed by atoms with Crippen LogP contribution >= 0.6 is 11.6 Å². The summed E-state index contributed by atoms with van der Waals surface area (Å²) < 4.78 is 0. The number of likely N-dealkylation sites (tertiary alicyclic amines) is 1. The van der Waals surface area contributed by atoms with Crippen LogP contribution in [0.3, 0.4) is 0 Å². The monoisotopic (exact) mass is 427 g/mol. The van der Waals surface area contributed by atoms with Gasteiger partial charge in [-0.25, -0.2) is 4.79 Å². The summed E-state index contributed by atoms with van der Waals surface area (Å²) in [5, 5.41) is 10.4. The molecule has 3 rings (SSSR count). The Kier molecular flexibility index (Phi) is 6.32. The number of hydrogen-bond donors (Lipinski definition) is 1. The molecule has 158 valence electrons. The molecule has 0 radical (unpaired) electrons. The number of Topliss-reactive ketones (excluding diaryl/α,β-unsaturated/α-hetero) is 1. The topological polar surface area (TPSA) is 74.7 Å². The van der Waals surface area contributed by atoms with Crippen molar-refractivity contribution in [3.8, 4) is 11.1 Å². The van der Waals surface area contributed by atoms with Gasteiger partial charge in [0, 0.05) is 23.6 Å². The van der Waals surface area contributed by atoms with E-state index in [4.69, 9.17) is 11.6 Å². The van der Waals surface area contributed by atoms with Crippen LogP contribution in [0, 0.1) is 11.3 Å². The van der Waals surface area contributed by atoms with Crippen molar-refractivity contribution in [1.29, 1.82) is 0 Å². The molecule has 1 amide bonds. The van der Waals surface area contributed by atoms with Gasteiger partial charge in [-0.1, -0.05) is 68.8 Å². The van der Waals surface area contributed by atoms with Crippen LogP contribution in [0.15, 0.2) is 48.5 Å². The molecule has 1 heterocycles. The van der Waals surface area contributed by atoms with Crippen molar-refractivity contribution in [3.63, 3.8) is 0 Å². The van der Waals surface area contributed by atoms with Gasteiger partial charge < -0.3 is 10.0 Å². The number of nitrogens with zero attached hydrogens (tertiary/aromatic N) is 1. The summed E-state index contributed by atoms with van der Waals surface area (Å²) in [5.41, 5.74) is 2.11. The molecule has 0 unspecified atom stereocenters. The van der Waals surface area contributed by atoms with E-state index in [0.717, 1.165) is 11.1 Å². The predicted octanol–water partition coefficient (Wildman–Crippen LogP) is 4.93. The molecule has 2 aromatic carbocycles. The molecule has 2 atom stereocenters. The summed E-state index contributed by atoms with van der Waals surface area (Å²) in [7, 11) is 0. The standard InChI is InChI=1S/C24H26ClNO4/c1-24(2,3)14-20(27)26-13-12-19(21(26)23(29)30)22(28)17-6-4-15(5-7-17)16-8-10-18(25)11-9-16/h4-11,19,21H,12-14H2,1-3H3,(H,29,30)/t19-,21-/m0/s1. The summed E-state index contributed by atoms with van der Waals surface area (Å²) in [6, 6.07) is 13.4. The fourth-order valence-corrected chi connectivity index (χ4v) is 4.02. The van der Waals surface area contributed by atoms with Gasteiger partial charge in [-0.15, -0.1) is 0 Å². The average Bonchev–Trinajstić information content (AvgIpc) is 3.12. The molecular weight excluding hydrogens is 402 g/mol. The second-order valence-corrected chi connectivity index (χ2v) is 9.39. The van der Waals surface area contributed by atoms with Gasteiger partial charge in [0.15, 0.2) is 5.78 Å². The molecular formula is C24H26ClNO4. The van der Waals surface area contributed by atoms with Crippen LogP contribution in [0.4, 0.5) is 0 Å². The number of amides is 1. The van der Waals surface area contributed by atoms with Crippen LogP contribution < -0.4 is 0 Å². The second kappa shape index (κ2) is 8.60. The van der Waals surface area contributed by atoms with E-state index in [2.05, 4.69) is 0 Å². The van der Waals surface area contributed by atoms with Crippen molar-refractivity contribution in [2.24, 2.45) is 11.3 Å². The molecule has 2 aromatic rings. The van der Waals surface area contributed by atoms with E-state index < -0.39 is 17.9 Å². The highest BCUT2D eigenvalue weighted by atomic mass is 35.5. The second-order valence-electron chi connectivity index (χ2n) is 8.95. The number of carbonyl (C=O) groups excluding carboxylic acids is 2. The van der Waals surface area contributed by atoms with E-state index in [1.54, 1.807) is 24.3 Å². The van der Waals surface area contributed by atoms with Crippen LogP contribution in [0.25, 0.3) is 11.1 Å². The molecule has 0 spiro atoms. The Balaban J connectivity index is 1.79. The maximum absolute atomic E-state index is 13.1. The molecule has 0 bridgehead atoms. The van der Waals surface area contributed by atoms with Gasteiger partial charge in [0.2, 0.25) is 5.91 Å². The minimum atomic E-state index is -1.13. The van der Waals surface area contributed by atoms with E-state index in [0.29, 0.717) is 17.0 Å². The Morgan fingerprint density at radius 2 is 1.53 bits per heavy atom. The molecule has 0 saturated carbocycles. The number of carboxylic acids is 1. The highest BCUT2D eigenvalue weighted by Gasteiger charge is 2.45. The third-order valence-corrected chi connectivity index (χ3v) is 5.59. The number of halogens is 1. The quantitative estimate of drug-likeness (QED) is 0.686. The lowest BCUT2D eigenvalue weighted by Gasteiger charge is -2.27.